The molecule has 1 heterocycles. The van der Waals surface area contributed by atoms with Gasteiger partial charge in [-0.2, -0.15) is 5.10 Å². The number of rotatable bonds is 3. The van der Waals surface area contributed by atoms with Crippen LogP contribution in [0, 0.1) is 5.82 Å². The Bertz CT molecular complexity index is 748. The number of nitrogen functional groups attached to an aromatic ring is 1. The van der Waals surface area contributed by atoms with Crippen LogP contribution in [0.2, 0.25) is 0 Å². The summed E-state index contributed by atoms with van der Waals surface area (Å²) in [6.45, 7) is 0.598. The zero-order valence-electron chi connectivity index (χ0n) is 11.1. The van der Waals surface area contributed by atoms with Crippen molar-refractivity contribution in [1.82, 2.24) is 9.78 Å². The van der Waals surface area contributed by atoms with Gasteiger partial charge in [-0.1, -0.05) is 28.1 Å². The molecule has 0 saturated heterocycles. The number of nitrogens with zero attached hydrogens (tertiary/aromatic N) is 2. The first-order valence-corrected chi connectivity index (χ1v) is 7.25. The van der Waals surface area contributed by atoms with Gasteiger partial charge < -0.3 is 5.73 Å². The highest BCUT2D eigenvalue weighted by atomic mass is 79.9. The Hall–Kier alpha value is -2.14. The Labute approximate surface area is 130 Å². The smallest absolute Gasteiger partial charge is 0.123 e. The van der Waals surface area contributed by atoms with E-state index in [2.05, 4.69) is 21.0 Å². The van der Waals surface area contributed by atoms with Crippen molar-refractivity contribution in [2.24, 2.45) is 0 Å². The van der Waals surface area contributed by atoms with Gasteiger partial charge in [0.15, 0.2) is 0 Å². The predicted molar refractivity (Wildman–Crippen MR) is 85.3 cm³/mol. The Morgan fingerprint density at radius 1 is 1.05 bits per heavy atom. The Balaban J connectivity index is 1.87. The molecule has 0 radical (unpaired) electrons. The lowest BCUT2D eigenvalue weighted by Gasteiger charge is -2.04. The molecule has 3 aromatic rings. The van der Waals surface area contributed by atoms with Gasteiger partial charge in [0.25, 0.3) is 0 Å². The maximum Gasteiger partial charge on any atom is 0.123 e. The highest BCUT2D eigenvalue weighted by Gasteiger charge is 2.08. The fourth-order valence-corrected chi connectivity index (χ4v) is 2.35. The topological polar surface area (TPSA) is 43.8 Å². The summed E-state index contributed by atoms with van der Waals surface area (Å²) in [5.74, 6) is 0.318. The number of nitrogens with two attached hydrogens (primary N) is 1. The van der Waals surface area contributed by atoms with E-state index >= 15 is 0 Å². The fourth-order valence-electron chi connectivity index (χ4n) is 2.08. The van der Waals surface area contributed by atoms with Gasteiger partial charge in [0.05, 0.1) is 12.2 Å². The van der Waals surface area contributed by atoms with E-state index in [0.717, 1.165) is 21.3 Å². The molecule has 3 nitrogen and oxygen atoms in total. The lowest BCUT2D eigenvalue weighted by Crippen LogP contribution is -2.05. The van der Waals surface area contributed by atoms with Gasteiger partial charge in [0.2, 0.25) is 0 Å². The van der Waals surface area contributed by atoms with Crippen LogP contribution in [0.4, 0.5) is 10.2 Å². The Morgan fingerprint density at radius 2 is 1.71 bits per heavy atom. The summed E-state index contributed by atoms with van der Waals surface area (Å²) in [6, 6.07) is 16.0. The van der Waals surface area contributed by atoms with Gasteiger partial charge in [-0.3, -0.25) is 0 Å². The molecule has 0 unspecified atom stereocenters. The number of anilines is 1. The Morgan fingerprint density at radius 3 is 2.38 bits per heavy atom. The zero-order valence-corrected chi connectivity index (χ0v) is 12.7. The number of hydrogen-bond acceptors (Lipinski definition) is 2. The molecule has 0 amide bonds. The minimum Gasteiger partial charge on any atom is -0.384 e. The summed E-state index contributed by atoms with van der Waals surface area (Å²) >= 11 is 3.41. The van der Waals surface area contributed by atoms with Crippen molar-refractivity contribution in [2.75, 3.05) is 5.73 Å². The molecule has 2 N–H and O–H groups in total. The van der Waals surface area contributed by atoms with E-state index in [4.69, 9.17) is 5.73 Å². The van der Waals surface area contributed by atoms with Crippen molar-refractivity contribution in [2.45, 2.75) is 6.54 Å². The maximum absolute atomic E-state index is 13.0. The first kappa shape index (κ1) is 13.8. The van der Waals surface area contributed by atoms with Crippen molar-refractivity contribution >= 4 is 21.7 Å². The summed E-state index contributed by atoms with van der Waals surface area (Å²) in [5.41, 5.74) is 8.70. The molecular weight excluding hydrogens is 333 g/mol. The molecule has 106 valence electrons. The lowest BCUT2D eigenvalue weighted by molar-refractivity contribution is 0.628. The molecule has 0 fully saturated rings. The molecular formula is C16H13BrFN3. The van der Waals surface area contributed by atoms with Crippen LogP contribution >= 0.6 is 15.9 Å². The molecule has 3 rings (SSSR count). The summed E-state index contributed by atoms with van der Waals surface area (Å²) in [7, 11) is 0. The van der Waals surface area contributed by atoms with Crippen LogP contribution < -0.4 is 5.73 Å². The van der Waals surface area contributed by atoms with Crippen molar-refractivity contribution < 1.29 is 4.39 Å². The largest absolute Gasteiger partial charge is 0.384 e. The Kier molecular flexibility index (Phi) is 3.75. The molecule has 1 aromatic heterocycles. The normalized spacial score (nSPS) is 10.8. The zero-order chi connectivity index (χ0) is 14.8. The van der Waals surface area contributed by atoms with Crippen LogP contribution in [0.1, 0.15) is 5.56 Å². The van der Waals surface area contributed by atoms with Gasteiger partial charge in [-0.15, -0.1) is 0 Å². The van der Waals surface area contributed by atoms with E-state index in [1.54, 1.807) is 22.9 Å². The number of aromatic nitrogens is 2. The third-order valence-electron chi connectivity index (χ3n) is 3.20. The van der Waals surface area contributed by atoms with Gasteiger partial charge >= 0.3 is 0 Å². The second-order valence-corrected chi connectivity index (χ2v) is 5.66. The van der Waals surface area contributed by atoms with E-state index in [9.17, 15) is 4.39 Å². The van der Waals surface area contributed by atoms with Gasteiger partial charge in [-0.25, -0.2) is 9.07 Å². The minimum absolute atomic E-state index is 0.263. The highest BCUT2D eigenvalue weighted by Crippen LogP contribution is 2.21. The lowest BCUT2D eigenvalue weighted by atomic mass is 10.1. The molecule has 5 heteroatoms. The minimum atomic E-state index is -0.263. The third kappa shape index (κ3) is 3.13. The summed E-state index contributed by atoms with van der Waals surface area (Å²) in [6.07, 6.45) is 0. The van der Waals surface area contributed by atoms with E-state index in [-0.39, 0.29) is 5.82 Å². The fraction of sp³-hybridized carbons (Fsp3) is 0.0625. The summed E-state index contributed by atoms with van der Waals surface area (Å²) < 4.78 is 15.7. The quantitative estimate of drug-likeness (QED) is 0.777. The maximum atomic E-state index is 13.0. The van der Waals surface area contributed by atoms with E-state index in [0.29, 0.717) is 12.4 Å². The molecule has 0 aliphatic heterocycles. The molecule has 0 saturated carbocycles. The molecule has 0 spiro atoms. The summed E-state index contributed by atoms with van der Waals surface area (Å²) in [4.78, 5) is 0. The molecule has 0 aliphatic rings. The standard InChI is InChI=1S/C16H13BrFN3/c17-13-5-1-11(2-6-13)10-21-16(19)9-15(20-21)12-3-7-14(18)8-4-12/h1-9H,10,19H2. The number of benzene rings is 2. The van der Waals surface area contributed by atoms with Crippen LogP contribution in [0.3, 0.4) is 0 Å². The number of halogens is 2. The van der Waals surface area contributed by atoms with Crippen LogP contribution in [-0.4, -0.2) is 9.78 Å². The van der Waals surface area contributed by atoms with Gasteiger partial charge in [-0.05, 0) is 42.0 Å². The van der Waals surface area contributed by atoms with Gasteiger partial charge in [0.1, 0.15) is 11.6 Å². The first-order valence-electron chi connectivity index (χ1n) is 6.45. The molecule has 0 atom stereocenters. The third-order valence-corrected chi connectivity index (χ3v) is 3.73. The highest BCUT2D eigenvalue weighted by molar-refractivity contribution is 9.10. The van der Waals surface area contributed by atoms with Crippen LogP contribution in [-0.2, 0) is 6.54 Å². The van der Waals surface area contributed by atoms with E-state index < -0.39 is 0 Å². The summed E-state index contributed by atoms with van der Waals surface area (Å²) in [5, 5.41) is 4.48. The SMILES string of the molecule is Nc1cc(-c2ccc(F)cc2)nn1Cc1ccc(Br)cc1. The first-order chi connectivity index (χ1) is 10.1. The van der Waals surface area contributed by atoms with E-state index in [1.165, 1.54) is 12.1 Å². The van der Waals surface area contributed by atoms with Crippen LogP contribution in [0.15, 0.2) is 59.1 Å². The average Bonchev–Trinajstić information content (AvgIpc) is 2.83. The van der Waals surface area contributed by atoms with E-state index in [1.807, 2.05) is 24.3 Å². The monoisotopic (exact) mass is 345 g/mol. The molecule has 2 aromatic carbocycles. The average molecular weight is 346 g/mol. The predicted octanol–water partition coefficient (Wildman–Crippen LogP) is 4.08. The van der Waals surface area contributed by atoms with Crippen LogP contribution in [0.5, 0.6) is 0 Å². The second-order valence-electron chi connectivity index (χ2n) is 4.75. The van der Waals surface area contributed by atoms with Crippen molar-refractivity contribution in [3.63, 3.8) is 0 Å². The number of hydrogen-bond donors (Lipinski definition) is 1. The second kappa shape index (κ2) is 5.69. The molecule has 0 aliphatic carbocycles. The molecule has 0 bridgehead atoms. The van der Waals surface area contributed by atoms with Crippen molar-refractivity contribution in [1.29, 1.82) is 0 Å². The van der Waals surface area contributed by atoms with Crippen molar-refractivity contribution in [3.8, 4) is 11.3 Å². The van der Waals surface area contributed by atoms with Gasteiger partial charge in [0, 0.05) is 16.1 Å². The van der Waals surface area contributed by atoms with Crippen LogP contribution in [0.25, 0.3) is 11.3 Å². The van der Waals surface area contributed by atoms with Crippen molar-refractivity contribution in [3.05, 3.63) is 70.5 Å². The molecule has 21 heavy (non-hydrogen) atoms.